The van der Waals surface area contributed by atoms with Gasteiger partial charge in [-0.1, -0.05) is 24.3 Å². The van der Waals surface area contributed by atoms with Crippen LogP contribution >= 0.6 is 0 Å². The molecule has 0 N–H and O–H groups in total. The first-order chi connectivity index (χ1) is 9.59. The first-order valence-electron chi connectivity index (χ1n) is 6.30. The highest BCUT2D eigenvalue weighted by Gasteiger charge is 2.14. The minimum atomic E-state index is -1.16. The Morgan fingerprint density at radius 2 is 2.05 bits per heavy atom. The van der Waals surface area contributed by atoms with Crippen molar-refractivity contribution in [2.45, 2.75) is 6.92 Å². The Morgan fingerprint density at radius 1 is 1.30 bits per heavy atom. The zero-order valence-electron chi connectivity index (χ0n) is 11.3. The van der Waals surface area contributed by atoms with Gasteiger partial charge in [-0.2, -0.15) is 0 Å². The fourth-order valence-corrected chi connectivity index (χ4v) is 2.61. The lowest BCUT2D eigenvalue weighted by atomic mass is 9.93. The van der Waals surface area contributed by atoms with Crippen molar-refractivity contribution in [3.8, 4) is 11.3 Å². The summed E-state index contributed by atoms with van der Waals surface area (Å²) in [5.41, 5.74) is 2.35. The second-order valence-corrected chi connectivity index (χ2v) is 4.82. The Labute approximate surface area is 116 Å². The molecule has 0 aliphatic rings. The van der Waals surface area contributed by atoms with Crippen LogP contribution in [-0.2, 0) is 7.05 Å². The van der Waals surface area contributed by atoms with Crippen LogP contribution in [0.15, 0.2) is 42.9 Å². The van der Waals surface area contributed by atoms with E-state index in [4.69, 9.17) is 0 Å². The Balaban J connectivity index is 2.44. The van der Waals surface area contributed by atoms with Crippen molar-refractivity contribution in [2.75, 3.05) is 0 Å². The molecule has 100 valence electrons. The number of carboxylic acid groups (broad SMARTS) is 1. The van der Waals surface area contributed by atoms with Crippen LogP contribution in [0.25, 0.3) is 22.0 Å². The van der Waals surface area contributed by atoms with E-state index in [1.807, 2.05) is 44.3 Å². The van der Waals surface area contributed by atoms with Crippen LogP contribution in [-0.4, -0.2) is 15.5 Å². The maximum Gasteiger partial charge on any atom is 0.0948 e. The molecule has 0 aliphatic heterocycles. The lowest BCUT2D eigenvalue weighted by Crippen LogP contribution is -2.24. The number of rotatable bonds is 2. The summed E-state index contributed by atoms with van der Waals surface area (Å²) in [5.74, 6) is -1.16. The van der Waals surface area contributed by atoms with Gasteiger partial charge in [-0.15, -0.1) is 0 Å². The predicted octanol–water partition coefficient (Wildman–Crippen LogP) is 1.91. The van der Waals surface area contributed by atoms with Crippen molar-refractivity contribution in [1.82, 2.24) is 9.55 Å². The van der Waals surface area contributed by atoms with E-state index in [0.29, 0.717) is 5.56 Å². The number of carbonyl (C=O) groups is 1. The Hall–Kier alpha value is -2.62. The van der Waals surface area contributed by atoms with Crippen LogP contribution < -0.4 is 5.11 Å². The third kappa shape index (κ3) is 1.77. The number of aryl methyl sites for hydroxylation is 2. The zero-order valence-corrected chi connectivity index (χ0v) is 11.3. The molecule has 3 aromatic rings. The molecule has 1 heterocycles. The molecule has 0 amide bonds. The van der Waals surface area contributed by atoms with Gasteiger partial charge in [0.25, 0.3) is 0 Å². The molecule has 0 bridgehead atoms. The van der Waals surface area contributed by atoms with Crippen LogP contribution in [0.5, 0.6) is 0 Å². The highest BCUT2D eigenvalue weighted by molar-refractivity contribution is 6.03. The molecule has 0 unspecified atom stereocenters. The molecule has 20 heavy (non-hydrogen) atoms. The van der Waals surface area contributed by atoms with Crippen molar-refractivity contribution >= 4 is 16.7 Å². The molecule has 0 fully saturated rings. The second kappa shape index (κ2) is 4.49. The van der Waals surface area contributed by atoms with E-state index in [2.05, 4.69) is 4.98 Å². The number of hydrogen-bond acceptors (Lipinski definition) is 3. The van der Waals surface area contributed by atoms with Crippen molar-refractivity contribution < 1.29 is 9.90 Å². The van der Waals surface area contributed by atoms with E-state index in [-0.39, 0.29) is 5.56 Å². The maximum absolute atomic E-state index is 11.6. The molecule has 0 radical (unpaired) electrons. The summed E-state index contributed by atoms with van der Waals surface area (Å²) in [6.45, 7) is 1.81. The van der Waals surface area contributed by atoms with E-state index >= 15 is 0 Å². The van der Waals surface area contributed by atoms with E-state index in [9.17, 15) is 9.90 Å². The van der Waals surface area contributed by atoms with Crippen LogP contribution in [0.4, 0.5) is 0 Å². The monoisotopic (exact) mass is 265 g/mol. The Bertz CT molecular complexity index is 818. The molecule has 0 atom stereocenters. The number of hydrogen-bond donors (Lipinski definition) is 0. The molecule has 0 saturated heterocycles. The van der Waals surface area contributed by atoms with Crippen molar-refractivity contribution in [3.63, 3.8) is 0 Å². The molecular weight excluding hydrogens is 252 g/mol. The van der Waals surface area contributed by atoms with Crippen LogP contribution in [0, 0.1) is 6.92 Å². The number of benzene rings is 2. The van der Waals surface area contributed by atoms with Crippen LogP contribution in [0.2, 0.25) is 0 Å². The predicted molar refractivity (Wildman–Crippen MR) is 75.2 cm³/mol. The molecule has 1 aromatic heterocycles. The van der Waals surface area contributed by atoms with Gasteiger partial charge in [-0.3, -0.25) is 0 Å². The molecule has 0 aliphatic carbocycles. The summed E-state index contributed by atoms with van der Waals surface area (Å²) in [5, 5.41) is 13.5. The molecule has 0 spiro atoms. The second-order valence-electron chi connectivity index (χ2n) is 4.82. The minimum Gasteiger partial charge on any atom is -0.545 e. The molecule has 0 saturated carbocycles. The number of carbonyl (C=O) groups excluding carboxylic acids is 1. The number of imidazole rings is 1. The van der Waals surface area contributed by atoms with Gasteiger partial charge < -0.3 is 14.5 Å². The first-order valence-corrected chi connectivity index (χ1v) is 6.30. The number of aromatic carboxylic acids is 1. The van der Waals surface area contributed by atoms with Gasteiger partial charge in [-0.25, -0.2) is 4.98 Å². The van der Waals surface area contributed by atoms with E-state index in [1.54, 1.807) is 17.1 Å². The quantitative estimate of drug-likeness (QED) is 0.711. The molecule has 4 heteroatoms. The number of nitrogens with zero attached hydrogens (tertiary/aromatic N) is 2. The largest absolute Gasteiger partial charge is 0.545 e. The number of aromatic nitrogens is 2. The summed E-state index contributed by atoms with van der Waals surface area (Å²) in [6, 6.07) is 9.61. The third-order valence-electron chi connectivity index (χ3n) is 3.61. The van der Waals surface area contributed by atoms with E-state index < -0.39 is 5.97 Å². The fraction of sp³-hybridized carbons (Fsp3) is 0.125. The number of fused-ring (bicyclic) bond motifs is 1. The van der Waals surface area contributed by atoms with Crippen LogP contribution in [0.1, 0.15) is 15.9 Å². The standard InChI is InChI=1S/C16H14N2O2/c1-10-12-6-4-3-5-11(12)7-13(15(10)16(19)20)14-8-17-9-18(14)2/h3-9H,1-2H3,(H,19,20)/p-1. The van der Waals surface area contributed by atoms with Gasteiger partial charge in [0.15, 0.2) is 0 Å². The van der Waals surface area contributed by atoms with E-state index in [0.717, 1.165) is 22.0 Å². The molecular formula is C16H13N2O2-. The van der Waals surface area contributed by atoms with Gasteiger partial charge >= 0.3 is 0 Å². The smallest absolute Gasteiger partial charge is 0.0948 e. The molecule has 2 aromatic carbocycles. The summed E-state index contributed by atoms with van der Waals surface area (Å²) >= 11 is 0. The van der Waals surface area contributed by atoms with Gasteiger partial charge in [0.05, 0.1) is 24.2 Å². The summed E-state index contributed by atoms with van der Waals surface area (Å²) in [4.78, 5) is 15.6. The molecule has 3 rings (SSSR count). The number of carboxylic acids is 1. The highest BCUT2D eigenvalue weighted by Crippen LogP contribution is 2.31. The average Bonchev–Trinajstić information content (AvgIpc) is 2.84. The summed E-state index contributed by atoms with van der Waals surface area (Å²) in [7, 11) is 1.84. The SMILES string of the molecule is Cc1c(C(=O)[O-])c(-c2cncn2C)cc2ccccc12. The van der Waals surface area contributed by atoms with Gasteiger partial charge in [0, 0.05) is 18.2 Å². The van der Waals surface area contributed by atoms with Gasteiger partial charge in [-0.05, 0) is 29.3 Å². The topological polar surface area (TPSA) is 57.9 Å². The third-order valence-corrected chi connectivity index (χ3v) is 3.61. The fourth-order valence-electron chi connectivity index (χ4n) is 2.61. The van der Waals surface area contributed by atoms with E-state index in [1.165, 1.54) is 0 Å². The maximum atomic E-state index is 11.6. The lowest BCUT2D eigenvalue weighted by molar-refractivity contribution is -0.255. The summed E-state index contributed by atoms with van der Waals surface area (Å²) in [6.07, 6.45) is 3.31. The normalized spacial score (nSPS) is 10.9. The van der Waals surface area contributed by atoms with Crippen molar-refractivity contribution in [1.29, 1.82) is 0 Å². The van der Waals surface area contributed by atoms with Crippen LogP contribution in [0.3, 0.4) is 0 Å². The van der Waals surface area contributed by atoms with Crippen molar-refractivity contribution in [2.24, 2.45) is 7.05 Å². The van der Waals surface area contributed by atoms with Gasteiger partial charge in [0.2, 0.25) is 0 Å². The average molecular weight is 265 g/mol. The van der Waals surface area contributed by atoms with Gasteiger partial charge in [0.1, 0.15) is 0 Å². The summed E-state index contributed by atoms with van der Waals surface area (Å²) < 4.78 is 1.80. The molecule has 4 nitrogen and oxygen atoms in total. The zero-order chi connectivity index (χ0) is 14.3. The highest BCUT2D eigenvalue weighted by atomic mass is 16.4. The lowest BCUT2D eigenvalue weighted by Gasteiger charge is -2.16. The Kier molecular flexibility index (Phi) is 2.79. The minimum absolute atomic E-state index is 0.229. The Morgan fingerprint density at radius 3 is 2.70 bits per heavy atom. The first kappa shape index (κ1) is 12.4. The van der Waals surface area contributed by atoms with Crippen molar-refractivity contribution in [3.05, 3.63) is 54.0 Å².